The van der Waals surface area contributed by atoms with E-state index in [2.05, 4.69) is 57.8 Å². The van der Waals surface area contributed by atoms with E-state index in [1.54, 1.807) is 0 Å². The van der Waals surface area contributed by atoms with E-state index >= 15 is 0 Å². The molecule has 3 heteroatoms. The van der Waals surface area contributed by atoms with Crippen LogP contribution in [-0.2, 0) is 12.0 Å². The van der Waals surface area contributed by atoms with E-state index in [9.17, 15) is 5.11 Å². The molecule has 0 aromatic heterocycles. The first kappa shape index (κ1) is 18.3. The monoisotopic (exact) mass is 318 g/mol. The summed E-state index contributed by atoms with van der Waals surface area (Å²) in [5, 5.41) is 10.3. The van der Waals surface area contributed by atoms with Crippen molar-refractivity contribution in [3.63, 3.8) is 0 Å². The minimum atomic E-state index is 0.109. The highest BCUT2D eigenvalue weighted by atomic mass is 16.3. The molecule has 3 nitrogen and oxygen atoms in total. The Morgan fingerprint density at radius 1 is 1.04 bits per heavy atom. The van der Waals surface area contributed by atoms with Crippen LogP contribution < -0.4 is 0 Å². The molecule has 1 fully saturated rings. The molecule has 0 heterocycles. The minimum absolute atomic E-state index is 0.109. The molecule has 0 saturated heterocycles. The van der Waals surface area contributed by atoms with Crippen molar-refractivity contribution in [2.75, 3.05) is 21.1 Å². The number of phenolic OH excluding ortho intramolecular Hbond substituents is 1. The Morgan fingerprint density at radius 2 is 1.65 bits per heavy atom. The number of aromatic hydroxyl groups is 1. The zero-order valence-corrected chi connectivity index (χ0v) is 15.8. The molecule has 1 N–H and O–H groups in total. The van der Waals surface area contributed by atoms with E-state index in [4.69, 9.17) is 0 Å². The van der Waals surface area contributed by atoms with E-state index < -0.39 is 0 Å². The van der Waals surface area contributed by atoms with Crippen LogP contribution in [0.2, 0.25) is 0 Å². The van der Waals surface area contributed by atoms with Crippen molar-refractivity contribution in [3.05, 3.63) is 29.3 Å². The number of hydrogen-bond acceptors (Lipinski definition) is 3. The number of phenols is 1. The first-order chi connectivity index (χ1) is 10.7. The average Bonchev–Trinajstić information content (AvgIpc) is 2.48. The van der Waals surface area contributed by atoms with Gasteiger partial charge in [-0.15, -0.1) is 0 Å². The van der Waals surface area contributed by atoms with Crippen LogP contribution in [0.25, 0.3) is 0 Å². The Labute approximate surface area is 142 Å². The van der Waals surface area contributed by atoms with E-state index in [0.29, 0.717) is 17.8 Å². The summed E-state index contributed by atoms with van der Waals surface area (Å²) in [5.74, 6) is 0.419. The molecule has 0 unspecified atom stereocenters. The first-order valence-electron chi connectivity index (χ1n) is 8.89. The number of hydrogen-bond donors (Lipinski definition) is 1. The summed E-state index contributed by atoms with van der Waals surface area (Å²) in [7, 11) is 6.58. The van der Waals surface area contributed by atoms with Crippen molar-refractivity contribution in [3.8, 4) is 5.75 Å². The normalized spacial score (nSPS) is 22.8. The fraction of sp³-hybridized carbons (Fsp3) is 0.700. The van der Waals surface area contributed by atoms with Gasteiger partial charge in [-0.1, -0.05) is 45.7 Å². The van der Waals surface area contributed by atoms with Gasteiger partial charge in [0.2, 0.25) is 0 Å². The zero-order valence-electron chi connectivity index (χ0n) is 15.8. The topological polar surface area (TPSA) is 26.7 Å². The molecule has 2 atom stereocenters. The largest absolute Gasteiger partial charge is 0.508 e. The molecular weight excluding hydrogens is 284 g/mol. The van der Waals surface area contributed by atoms with E-state index in [0.717, 1.165) is 12.1 Å². The Kier molecular flexibility index (Phi) is 5.74. The summed E-state index contributed by atoms with van der Waals surface area (Å²) in [6, 6.07) is 7.26. The number of benzene rings is 1. The number of nitrogens with zero attached hydrogens (tertiary/aromatic N) is 2. The van der Waals surface area contributed by atoms with Crippen LogP contribution >= 0.6 is 0 Å². The standard InChI is InChI=1S/C20H34N2O/c1-20(2,3)16-11-12-19(23)15(13-16)14-22(6)18-10-8-7-9-17(18)21(4)5/h11-13,17-18,23H,7-10,14H2,1-6H3/t17-,18-/m1/s1. The third kappa shape index (κ3) is 4.48. The Bertz CT molecular complexity index is 519. The molecule has 0 amide bonds. The lowest BCUT2D eigenvalue weighted by Crippen LogP contribution is -2.49. The number of rotatable bonds is 4. The number of likely N-dealkylation sites (N-methyl/N-ethyl adjacent to an activating group) is 2. The molecule has 2 rings (SSSR count). The first-order valence-corrected chi connectivity index (χ1v) is 8.89. The van der Waals surface area contributed by atoms with E-state index in [1.807, 2.05) is 12.1 Å². The molecule has 1 aliphatic carbocycles. The molecule has 0 spiro atoms. The maximum absolute atomic E-state index is 10.3. The van der Waals surface area contributed by atoms with Gasteiger partial charge in [-0.05, 0) is 51.0 Å². The fourth-order valence-corrected chi connectivity index (χ4v) is 3.77. The summed E-state index contributed by atoms with van der Waals surface area (Å²) >= 11 is 0. The highest BCUT2D eigenvalue weighted by Crippen LogP contribution is 2.30. The Hall–Kier alpha value is -1.06. The molecule has 130 valence electrons. The lowest BCUT2D eigenvalue weighted by Gasteiger charge is -2.41. The summed E-state index contributed by atoms with van der Waals surface area (Å²) in [4.78, 5) is 4.80. The second-order valence-corrected chi connectivity index (χ2v) is 8.39. The lowest BCUT2D eigenvalue weighted by molar-refractivity contribution is 0.0872. The van der Waals surface area contributed by atoms with Gasteiger partial charge in [0.15, 0.2) is 0 Å². The summed E-state index contributed by atoms with van der Waals surface area (Å²) < 4.78 is 0. The highest BCUT2D eigenvalue weighted by Gasteiger charge is 2.30. The molecule has 1 aromatic carbocycles. The van der Waals surface area contributed by atoms with Crippen molar-refractivity contribution in [1.29, 1.82) is 0 Å². The molecule has 0 bridgehead atoms. The lowest BCUT2D eigenvalue weighted by atomic mass is 9.85. The van der Waals surface area contributed by atoms with Crippen LogP contribution in [0, 0.1) is 0 Å². The van der Waals surface area contributed by atoms with Crippen LogP contribution in [0.15, 0.2) is 18.2 Å². The van der Waals surface area contributed by atoms with Crippen molar-refractivity contribution in [1.82, 2.24) is 9.80 Å². The van der Waals surface area contributed by atoms with Gasteiger partial charge in [0.05, 0.1) is 0 Å². The van der Waals surface area contributed by atoms with E-state index in [1.165, 1.54) is 31.2 Å². The third-order valence-corrected chi connectivity index (χ3v) is 5.29. The van der Waals surface area contributed by atoms with Crippen LogP contribution in [0.4, 0.5) is 0 Å². The molecule has 1 saturated carbocycles. The molecule has 1 aliphatic rings. The summed E-state index contributed by atoms with van der Waals surface area (Å²) in [5.41, 5.74) is 2.44. The molecule has 0 radical (unpaired) electrons. The molecule has 0 aliphatic heterocycles. The second kappa shape index (κ2) is 7.23. The van der Waals surface area contributed by atoms with Gasteiger partial charge in [-0.2, -0.15) is 0 Å². The van der Waals surface area contributed by atoms with Gasteiger partial charge in [0.1, 0.15) is 5.75 Å². The maximum Gasteiger partial charge on any atom is 0.120 e. The zero-order chi connectivity index (χ0) is 17.2. The van der Waals surface area contributed by atoms with Crippen LogP contribution in [0.5, 0.6) is 5.75 Å². The van der Waals surface area contributed by atoms with Crippen LogP contribution in [0.1, 0.15) is 57.6 Å². The van der Waals surface area contributed by atoms with Crippen LogP contribution in [0.3, 0.4) is 0 Å². The van der Waals surface area contributed by atoms with Gasteiger partial charge >= 0.3 is 0 Å². The quantitative estimate of drug-likeness (QED) is 0.909. The minimum Gasteiger partial charge on any atom is -0.508 e. The second-order valence-electron chi connectivity index (χ2n) is 8.39. The SMILES string of the molecule is CN(C)[C@@H]1CCCC[C@H]1N(C)Cc1cc(C(C)(C)C)ccc1O. The van der Waals surface area contributed by atoms with Crippen molar-refractivity contribution in [2.45, 2.75) is 70.5 Å². The van der Waals surface area contributed by atoms with Crippen molar-refractivity contribution < 1.29 is 5.11 Å². The smallest absolute Gasteiger partial charge is 0.120 e. The molecule has 23 heavy (non-hydrogen) atoms. The summed E-state index contributed by atoms with van der Waals surface area (Å²) in [6.07, 6.45) is 5.17. The predicted molar refractivity (Wildman–Crippen MR) is 98.0 cm³/mol. The van der Waals surface area contributed by atoms with Crippen molar-refractivity contribution >= 4 is 0 Å². The molecular formula is C20H34N2O. The highest BCUT2D eigenvalue weighted by molar-refractivity contribution is 5.38. The Balaban J connectivity index is 2.17. The maximum atomic E-state index is 10.3. The van der Waals surface area contributed by atoms with Crippen molar-refractivity contribution in [2.24, 2.45) is 0 Å². The Morgan fingerprint density at radius 3 is 2.22 bits per heavy atom. The van der Waals surface area contributed by atoms with Gasteiger partial charge in [0, 0.05) is 24.2 Å². The summed E-state index contributed by atoms with van der Waals surface area (Å²) in [6.45, 7) is 7.47. The fourth-order valence-electron chi connectivity index (χ4n) is 3.77. The average molecular weight is 319 g/mol. The van der Waals surface area contributed by atoms with Gasteiger partial charge < -0.3 is 10.0 Å². The third-order valence-electron chi connectivity index (χ3n) is 5.29. The van der Waals surface area contributed by atoms with Crippen LogP contribution in [-0.4, -0.2) is 48.1 Å². The van der Waals surface area contributed by atoms with Gasteiger partial charge in [-0.25, -0.2) is 0 Å². The van der Waals surface area contributed by atoms with Gasteiger partial charge in [0.25, 0.3) is 0 Å². The van der Waals surface area contributed by atoms with E-state index in [-0.39, 0.29) is 5.41 Å². The van der Waals surface area contributed by atoms with Gasteiger partial charge in [-0.3, -0.25) is 4.90 Å². The molecule has 1 aromatic rings. The predicted octanol–water partition coefficient (Wildman–Crippen LogP) is 3.99.